The maximum Gasteiger partial charge on any atom is 0.303 e. The Morgan fingerprint density at radius 2 is 1.95 bits per heavy atom. The molecule has 0 spiro atoms. The maximum absolute atomic E-state index is 14.0. The Balaban J connectivity index is 1.76. The molecule has 0 radical (unpaired) electrons. The SMILES string of the molecule is C=C1[C@@H](C)[C@H]2[C@H](Cc3c[nH]c4ccccc34)NC(=O)[C@@]2(C(=O)CCC(=O)O)[C@@H](/C=C/C[C@H](C)/C=C(\C)C=O)[C@@H]1O. The van der Waals surface area contributed by atoms with Gasteiger partial charge in [-0.3, -0.25) is 19.2 Å². The maximum atomic E-state index is 14.0. The minimum absolute atomic E-state index is 0.0193. The van der Waals surface area contributed by atoms with Gasteiger partial charge in [0.15, 0.2) is 0 Å². The van der Waals surface area contributed by atoms with E-state index in [1.807, 2.05) is 56.5 Å². The van der Waals surface area contributed by atoms with Crippen molar-refractivity contribution in [1.82, 2.24) is 10.3 Å². The first kappa shape index (κ1) is 29.2. The van der Waals surface area contributed by atoms with Crippen LogP contribution in [0.15, 0.2) is 66.4 Å². The summed E-state index contributed by atoms with van der Waals surface area (Å²) in [6, 6.07) is 7.44. The van der Waals surface area contributed by atoms with E-state index in [1.165, 1.54) is 0 Å². The van der Waals surface area contributed by atoms with Crippen molar-refractivity contribution in [3.05, 3.63) is 72.0 Å². The van der Waals surface area contributed by atoms with Crippen molar-refractivity contribution in [3.63, 3.8) is 0 Å². The van der Waals surface area contributed by atoms with Crippen LogP contribution in [0.1, 0.15) is 45.6 Å². The predicted molar refractivity (Wildman–Crippen MR) is 152 cm³/mol. The molecule has 2 aromatic rings. The number of aliphatic hydroxyl groups excluding tert-OH is 1. The largest absolute Gasteiger partial charge is 0.481 e. The number of aromatic amines is 1. The van der Waals surface area contributed by atoms with Gasteiger partial charge in [0.2, 0.25) is 5.91 Å². The summed E-state index contributed by atoms with van der Waals surface area (Å²) in [6.45, 7) is 9.72. The van der Waals surface area contributed by atoms with Gasteiger partial charge in [0.05, 0.1) is 12.5 Å². The number of benzene rings is 1. The van der Waals surface area contributed by atoms with Gasteiger partial charge < -0.3 is 20.5 Å². The number of aldehydes is 1. The van der Waals surface area contributed by atoms with Gasteiger partial charge in [-0.15, -0.1) is 0 Å². The molecule has 8 heteroatoms. The normalized spacial score (nSPS) is 29.4. The fraction of sp³-hybridized carbons (Fsp3) is 0.438. The average Bonchev–Trinajstić information content (AvgIpc) is 3.46. The molecule has 0 unspecified atom stereocenters. The van der Waals surface area contributed by atoms with Gasteiger partial charge in [-0.05, 0) is 54.4 Å². The zero-order chi connectivity index (χ0) is 29.2. The molecule has 1 aromatic carbocycles. The molecule has 1 aromatic heterocycles. The Morgan fingerprint density at radius 1 is 1.23 bits per heavy atom. The number of carboxylic acid groups (broad SMARTS) is 1. The number of aromatic nitrogens is 1. The molecule has 8 nitrogen and oxygen atoms in total. The molecule has 2 fully saturated rings. The highest BCUT2D eigenvalue weighted by Gasteiger charge is 2.68. The van der Waals surface area contributed by atoms with Crippen molar-refractivity contribution in [2.75, 3.05) is 0 Å². The molecule has 7 atom stereocenters. The van der Waals surface area contributed by atoms with Crippen LogP contribution >= 0.6 is 0 Å². The molecule has 1 aliphatic carbocycles. The summed E-state index contributed by atoms with van der Waals surface area (Å²) in [5, 5.41) is 24.9. The van der Waals surface area contributed by atoms with Crippen LogP contribution in [0.3, 0.4) is 0 Å². The van der Waals surface area contributed by atoms with E-state index in [2.05, 4.69) is 16.9 Å². The zero-order valence-electron chi connectivity index (χ0n) is 23.2. The second-order valence-electron chi connectivity index (χ2n) is 11.4. The number of fused-ring (bicyclic) bond motifs is 2. The molecular weight excluding hydrogens is 508 g/mol. The Morgan fingerprint density at radius 3 is 2.65 bits per heavy atom. The van der Waals surface area contributed by atoms with Gasteiger partial charge >= 0.3 is 5.97 Å². The van der Waals surface area contributed by atoms with Crippen molar-refractivity contribution in [2.24, 2.45) is 29.1 Å². The first-order chi connectivity index (χ1) is 19.0. The second kappa shape index (κ2) is 11.8. The molecule has 4 rings (SSSR count). The highest BCUT2D eigenvalue weighted by molar-refractivity contribution is 6.09. The molecule has 1 amide bonds. The van der Waals surface area contributed by atoms with E-state index < -0.39 is 53.5 Å². The number of aliphatic carboxylic acids is 1. The fourth-order valence-electron chi connectivity index (χ4n) is 6.84. The van der Waals surface area contributed by atoms with Crippen LogP contribution in [0.4, 0.5) is 0 Å². The van der Waals surface area contributed by atoms with Crippen LogP contribution in [0.5, 0.6) is 0 Å². The van der Waals surface area contributed by atoms with Crippen molar-refractivity contribution >= 4 is 34.8 Å². The monoisotopic (exact) mass is 546 g/mol. The minimum Gasteiger partial charge on any atom is -0.481 e. The molecule has 1 aliphatic heterocycles. The average molecular weight is 547 g/mol. The molecule has 2 heterocycles. The van der Waals surface area contributed by atoms with Crippen LogP contribution in [0.25, 0.3) is 10.9 Å². The lowest BCUT2D eigenvalue weighted by atomic mass is 9.51. The number of amides is 1. The predicted octanol–water partition coefficient (Wildman–Crippen LogP) is 4.16. The number of rotatable bonds is 11. The van der Waals surface area contributed by atoms with E-state index in [1.54, 1.807) is 13.0 Å². The van der Waals surface area contributed by atoms with E-state index in [0.29, 0.717) is 24.0 Å². The van der Waals surface area contributed by atoms with Crippen LogP contribution in [-0.2, 0) is 25.6 Å². The lowest BCUT2D eigenvalue weighted by molar-refractivity contribution is -0.153. The van der Waals surface area contributed by atoms with Gasteiger partial charge in [-0.1, -0.05) is 56.9 Å². The number of carboxylic acids is 1. The third-order valence-electron chi connectivity index (χ3n) is 8.75. The summed E-state index contributed by atoms with van der Waals surface area (Å²) < 4.78 is 0. The number of carbonyl (C=O) groups excluding carboxylic acids is 3. The molecule has 2 aliphatic rings. The summed E-state index contributed by atoms with van der Waals surface area (Å²) in [5.74, 6) is -3.87. The number of ketones is 1. The molecule has 212 valence electrons. The van der Waals surface area contributed by atoms with E-state index in [0.717, 1.165) is 22.8 Å². The lowest BCUT2D eigenvalue weighted by Gasteiger charge is -2.49. The third kappa shape index (κ3) is 5.20. The van der Waals surface area contributed by atoms with Gasteiger partial charge in [0, 0.05) is 41.4 Å². The van der Waals surface area contributed by atoms with Crippen LogP contribution in [0, 0.1) is 29.1 Å². The van der Waals surface area contributed by atoms with E-state index >= 15 is 0 Å². The van der Waals surface area contributed by atoms with E-state index in [4.69, 9.17) is 0 Å². The van der Waals surface area contributed by atoms with Crippen molar-refractivity contribution < 1.29 is 29.4 Å². The first-order valence-corrected chi connectivity index (χ1v) is 13.8. The number of aliphatic hydroxyl groups is 1. The number of Topliss-reactive ketones (excluding diaryl/α,β-unsaturated/α-hetero) is 1. The van der Waals surface area contributed by atoms with Gasteiger partial charge in [-0.2, -0.15) is 0 Å². The standard InChI is InChI=1S/C32H38N2O6/c1-18(14-19(2)17-35)8-7-10-24-30(39)21(4)20(3)29-26(15-22-16-33-25-11-6-5-9-23(22)25)34-31(40)32(24,29)27(36)12-13-28(37)38/h5-7,9-11,14,16-18,20,24,26,29-30,33,39H,4,8,12-13,15H2,1-3H3,(H,34,40)(H,37,38)/b10-7+,19-14+/t18-,20+,24-,26-,29-,30+,32+/m0/s1. The van der Waals surface area contributed by atoms with Crippen LogP contribution < -0.4 is 5.32 Å². The molecule has 1 saturated heterocycles. The Labute approximate surface area is 234 Å². The first-order valence-electron chi connectivity index (χ1n) is 13.8. The molecular formula is C32H38N2O6. The number of para-hydroxylation sites is 1. The number of allylic oxidation sites excluding steroid dienone is 3. The van der Waals surface area contributed by atoms with Crippen molar-refractivity contribution in [3.8, 4) is 0 Å². The van der Waals surface area contributed by atoms with Gasteiger partial charge in [0.1, 0.15) is 17.5 Å². The number of hydrogen-bond donors (Lipinski definition) is 4. The summed E-state index contributed by atoms with van der Waals surface area (Å²) >= 11 is 0. The summed E-state index contributed by atoms with van der Waals surface area (Å²) in [7, 11) is 0. The van der Waals surface area contributed by atoms with Crippen LogP contribution in [0.2, 0.25) is 0 Å². The number of H-pyrrole nitrogens is 1. The topological polar surface area (TPSA) is 137 Å². The number of hydrogen-bond acceptors (Lipinski definition) is 5. The summed E-state index contributed by atoms with van der Waals surface area (Å²) in [4.78, 5) is 53.7. The Kier molecular flexibility index (Phi) is 8.59. The van der Waals surface area contributed by atoms with E-state index in [9.17, 15) is 29.4 Å². The van der Waals surface area contributed by atoms with E-state index in [-0.39, 0.29) is 18.3 Å². The molecule has 4 N–H and O–H groups in total. The smallest absolute Gasteiger partial charge is 0.303 e. The Hall–Kier alpha value is -3.78. The van der Waals surface area contributed by atoms with Crippen molar-refractivity contribution in [1.29, 1.82) is 0 Å². The number of nitrogens with one attached hydrogen (secondary N) is 2. The second-order valence-corrected chi connectivity index (χ2v) is 11.4. The fourth-order valence-corrected chi connectivity index (χ4v) is 6.84. The van der Waals surface area contributed by atoms with Gasteiger partial charge in [-0.25, -0.2) is 0 Å². The lowest BCUT2D eigenvalue weighted by Crippen LogP contribution is -2.58. The molecule has 1 saturated carbocycles. The quantitative estimate of drug-likeness (QED) is 0.145. The molecule has 40 heavy (non-hydrogen) atoms. The summed E-state index contributed by atoms with van der Waals surface area (Å²) in [6.07, 6.45) is 7.22. The highest BCUT2D eigenvalue weighted by Crippen LogP contribution is 2.57. The van der Waals surface area contributed by atoms with Crippen molar-refractivity contribution in [2.45, 2.75) is 58.6 Å². The molecule has 0 bridgehead atoms. The van der Waals surface area contributed by atoms with Crippen LogP contribution in [-0.4, -0.2) is 51.3 Å². The minimum atomic E-state index is -1.64. The Bertz CT molecular complexity index is 1390. The third-order valence-corrected chi connectivity index (χ3v) is 8.75. The zero-order valence-corrected chi connectivity index (χ0v) is 23.2. The van der Waals surface area contributed by atoms with Gasteiger partial charge in [0.25, 0.3) is 0 Å². The number of carbonyl (C=O) groups is 4. The summed E-state index contributed by atoms with van der Waals surface area (Å²) in [5.41, 5.74) is 1.48. The highest BCUT2D eigenvalue weighted by atomic mass is 16.4.